The molecule has 1 heterocycles. The van der Waals surface area contributed by atoms with Crippen LogP contribution < -0.4 is 4.74 Å². The highest BCUT2D eigenvalue weighted by Crippen LogP contribution is 2.26. The fourth-order valence-electron chi connectivity index (χ4n) is 1.62. The minimum absolute atomic E-state index is 0.410. The molecule has 0 saturated heterocycles. The van der Waals surface area contributed by atoms with Gasteiger partial charge in [-0.3, -0.25) is 0 Å². The molecule has 5 heteroatoms. The van der Waals surface area contributed by atoms with Crippen LogP contribution in [0.1, 0.15) is 22.3 Å². The number of carbonyl (C=O) groups is 1. The van der Waals surface area contributed by atoms with Gasteiger partial charge < -0.3 is 14.7 Å². The lowest BCUT2D eigenvalue weighted by Gasteiger charge is -2.18. The monoisotopic (exact) mass is 221 g/mol. The third kappa shape index (κ3) is 1.71. The summed E-state index contributed by atoms with van der Waals surface area (Å²) in [7, 11) is 1.32. The summed E-state index contributed by atoms with van der Waals surface area (Å²) in [6, 6.07) is 4.90. The first-order chi connectivity index (χ1) is 7.76. The van der Waals surface area contributed by atoms with Crippen LogP contribution in [0.5, 0.6) is 5.75 Å². The zero-order chi connectivity index (χ0) is 11.5. The van der Waals surface area contributed by atoms with Crippen molar-refractivity contribution in [1.29, 1.82) is 0 Å². The summed E-state index contributed by atoms with van der Waals surface area (Å²) in [4.78, 5) is 11.3. The average Bonchev–Trinajstić information content (AvgIpc) is 2.36. The molecule has 0 radical (unpaired) electrons. The second-order valence-electron chi connectivity index (χ2n) is 3.35. The zero-order valence-corrected chi connectivity index (χ0v) is 8.77. The maximum Gasteiger partial charge on any atom is 0.337 e. The van der Waals surface area contributed by atoms with Gasteiger partial charge in [0.1, 0.15) is 5.75 Å². The number of benzene rings is 1. The second-order valence-corrected chi connectivity index (χ2v) is 3.35. The number of hydrogen-bond acceptors (Lipinski definition) is 5. The van der Waals surface area contributed by atoms with E-state index in [-0.39, 0.29) is 0 Å². The van der Waals surface area contributed by atoms with E-state index in [1.54, 1.807) is 18.2 Å². The Balaban J connectivity index is 2.47. The lowest BCUT2D eigenvalue weighted by atomic mass is 10.0. The summed E-state index contributed by atoms with van der Waals surface area (Å²) >= 11 is 0. The summed E-state index contributed by atoms with van der Waals surface area (Å²) in [6.07, 6.45) is 0.522. The van der Waals surface area contributed by atoms with Gasteiger partial charge in [0.15, 0.2) is 0 Å². The standard InChI is InChI=1S/C11H11NO4/c1-15-11(13)7-2-3-10-8(6-7)9(12-14)4-5-16-10/h2-3,6,14H,4-5H2,1H3/b12-9+. The molecule has 0 unspecified atom stereocenters. The van der Waals surface area contributed by atoms with E-state index in [4.69, 9.17) is 9.94 Å². The van der Waals surface area contributed by atoms with Crippen LogP contribution in [0.3, 0.4) is 0 Å². The van der Waals surface area contributed by atoms with Crippen molar-refractivity contribution in [3.8, 4) is 5.75 Å². The van der Waals surface area contributed by atoms with Gasteiger partial charge in [-0.25, -0.2) is 4.79 Å². The highest BCUT2D eigenvalue weighted by Gasteiger charge is 2.19. The normalized spacial score (nSPS) is 16.4. The molecule has 16 heavy (non-hydrogen) atoms. The van der Waals surface area contributed by atoms with Crippen LogP contribution >= 0.6 is 0 Å². The number of esters is 1. The van der Waals surface area contributed by atoms with Gasteiger partial charge in [-0.05, 0) is 18.2 Å². The van der Waals surface area contributed by atoms with Crippen LogP contribution in [-0.2, 0) is 4.74 Å². The minimum atomic E-state index is -0.425. The molecule has 2 rings (SSSR count). The minimum Gasteiger partial charge on any atom is -0.492 e. The molecule has 0 fully saturated rings. The lowest BCUT2D eigenvalue weighted by Crippen LogP contribution is -2.17. The third-order valence-electron chi connectivity index (χ3n) is 2.43. The molecule has 0 atom stereocenters. The highest BCUT2D eigenvalue weighted by molar-refractivity contribution is 6.05. The Labute approximate surface area is 92.3 Å². The van der Waals surface area contributed by atoms with Crippen molar-refractivity contribution in [3.63, 3.8) is 0 Å². The molecule has 5 nitrogen and oxygen atoms in total. The molecule has 84 valence electrons. The highest BCUT2D eigenvalue weighted by atomic mass is 16.5. The van der Waals surface area contributed by atoms with Gasteiger partial charge >= 0.3 is 5.97 Å². The molecule has 0 aliphatic carbocycles. The number of rotatable bonds is 1. The average molecular weight is 221 g/mol. The molecular weight excluding hydrogens is 210 g/mol. The van der Waals surface area contributed by atoms with Gasteiger partial charge in [0.05, 0.1) is 25.0 Å². The van der Waals surface area contributed by atoms with E-state index in [0.717, 1.165) is 0 Å². The predicted octanol–water partition coefficient (Wildman–Crippen LogP) is 1.43. The van der Waals surface area contributed by atoms with Crippen LogP contribution in [0, 0.1) is 0 Å². The number of fused-ring (bicyclic) bond motifs is 1. The van der Waals surface area contributed by atoms with Crippen molar-refractivity contribution in [2.75, 3.05) is 13.7 Å². The Hall–Kier alpha value is -2.04. The van der Waals surface area contributed by atoms with Gasteiger partial charge in [0, 0.05) is 12.0 Å². The zero-order valence-electron chi connectivity index (χ0n) is 8.77. The van der Waals surface area contributed by atoms with E-state index in [0.29, 0.717) is 35.6 Å². The maximum absolute atomic E-state index is 11.3. The molecule has 1 N–H and O–H groups in total. The molecule has 1 aliphatic rings. The molecule has 1 aromatic carbocycles. The Morgan fingerprint density at radius 3 is 3.06 bits per heavy atom. The Kier molecular flexibility index (Phi) is 2.76. The van der Waals surface area contributed by atoms with Crippen molar-refractivity contribution in [2.45, 2.75) is 6.42 Å². The van der Waals surface area contributed by atoms with Crippen molar-refractivity contribution in [3.05, 3.63) is 29.3 Å². The fourth-order valence-corrected chi connectivity index (χ4v) is 1.62. The lowest BCUT2D eigenvalue weighted by molar-refractivity contribution is 0.0600. The maximum atomic E-state index is 11.3. The van der Waals surface area contributed by atoms with E-state index in [2.05, 4.69) is 9.89 Å². The number of ether oxygens (including phenoxy) is 2. The molecule has 1 aromatic rings. The van der Waals surface area contributed by atoms with Crippen molar-refractivity contribution >= 4 is 11.7 Å². The molecule has 0 bridgehead atoms. The topological polar surface area (TPSA) is 68.1 Å². The number of oxime groups is 1. The molecule has 1 aliphatic heterocycles. The van der Waals surface area contributed by atoms with Gasteiger partial charge in [0.2, 0.25) is 0 Å². The van der Waals surface area contributed by atoms with Crippen molar-refractivity contribution in [2.24, 2.45) is 5.16 Å². The summed E-state index contributed by atoms with van der Waals surface area (Å²) in [5.74, 6) is 0.192. The van der Waals surface area contributed by atoms with Gasteiger partial charge in [-0.15, -0.1) is 0 Å². The summed E-state index contributed by atoms with van der Waals surface area (Å²) in [5, 5.41) is 12.0. The van der Waals surface area contributed by atoms with E-state index < -0.39 is 5.97 Å². The Morgan fingerprint density at radius 2 is 2.38 bits per heavy atom. The SMILES string of the molecule is COC(=O)c1ccc2c(c1)/C(=N/O)CCO2. The molecule has 0 amide bonds. The molecule has 0 spiro atoms. The first kappa shape index (κ1) is 10.5. The van der Waals surface area contributed by atoms with E-state index >= 15 is 0 Å². The first-order valence-corrected chi connectivity index (χ1v) is 4.82. The second kappa shape index (κ2) is 4.22. The van der Waals surface area contributed by atoms with Crippen LogP contribution in [0.4, 0.5) is 0 Å². The smallest absolute Gasteiger partial charge is 0.337 e. The quantitative estimate of drug-likeness (QED) is 0.442. The van der Waals surface area contributed by atoms with Gasteiger partial charge in [-0.2, -0.15) is 0 Å². The molecule has 0 saturated carbocycles. The van der Waals surface area contributed by atoms with E-state index in [1.807, 2.05) is 0 Å². The summed E-state index contributed by atoms with van der Waals surface area (Å²) in [6.45, 7) is 0.476. The largest absolute Gasteiger partial charge is 0.492 e. The van der Waals surface area contributed by atoms with Crippen molar-refractivity contribution in [1.82, 2.24) is 0 Å². The third-order valence-corrected chi connectivity index (χ3v) is 2.43. The van der Waals surface area contributed by atoms with Crippen LogP contribution in [0.2, 0.25) is 0 Å². The van der Waals surface area contributed by atoms with Crippen molar-refractivity contribution < 1.29 is 19.5 Å². The van der Waals surface area contributed by atoms with Crippen LogP contribution in [0.25, 0.3) is 0 Å². The number of carbonyl (C=O) groups excluding carboxylic acids is 1. The first-order valence-electron chi connectivity index (χ1n) is 4.82. The van der Waals surface area contributed by atoms with Crippen LogP contribution in [-0.4, -0.2) is 30.6 Å². The van der Waals surface area contributed by atoms with E-state index in [9.17, 15) is 4.79 Å². The molecule has 0 aromatic heterocycles. The van der Waals surface area contributed by atoms with Crippen LogP contribution in [0.15, 0.2) is 23.4 Å². The Bertz CT molecular complexity index is 453. The van der Waals surface area contributed by atoms with Gasteiger partial charge in [0.25, 0.3) is 0 Å². The number of nitrogens with zero attached hydrogens (tertiary/aromatic N) is 1. The number of methoxy groups -OCH3 is 1. The fraction of sp³-hybridized carbons (Fsp3) is 0.273. The number of hydrogen-bond donors (Lipinski definition) is 1. The molecular formula is C11H11NO4. The van der Waals surface area contributed by atoms with E-state index in [1.165, 1.54) is 7.11 Å². The summed E-state index contributed by atoms with van der Waals surface area (Å²) in [5.41, 5.74) is 1.57. The Morgan fingerprint density at radius 1 is 1.56 bits per heavy atom. The van der Waals surface area contributed by atoms with Gasteiger partial charge in [-0.1, -0.05) is 5.16 Å². The predicted molar refractivity (Wildman–Crippen MR) is 56.2 cm³/mol. The summed E-state index contributed by atoms with van der Waals surface area (Å²) < 4.78 is 9.99.